The Bertz CT molecular complexity index is 590. The number of carbonyl (C=O) groups is 1. The molecule has 5 nitrogen and oxygen atoms in total. The van der Waals surface area contributed by atoms with Crippen LogP contribution in [0.3, 0.4) is 0 Å². The summed E-state index contributed by atoms with van der Waals surface area (Å²) < 4.78 is 11.0. The first-order valence-electron chi connectivity index (χ1n) is 8.06. The zero-order valence-electron chi connectivity index (χ0n) is 15.5. The highest BCUT2D eigenvalue weighted by atomic mass is 32.2. The first-order valence-corrected chi connectivity index (χ1v) is 9.10. The van der Waals surface area contributed by atoms with E-state index >= 15 is 0 Å². The molecule has 1 aromatic carbocycles. The van der Waals surface area contributed by atoms with Gasteiger partial charge in [0.25, 0.3) is 0 Å². The number of amides is 1. The predicted molar refractivity (Wildman–Crippen MR) is 98.8 cm³/mol. The van der Waals surface area contributed by atoms with E-state index in [-0.39, 0.29) is 16.7 Å². The summed E-state index contributed by atoms with van der Waals surface area (Å²) in [4.78, 5) is 16.6. The minimum Gasteiger partial charge on any atom is -0.493 e. The fourth-order valence-corrected chi connectivity index (χ4v) is 4.56. The molecule has 1 saturated heterocycles. The zero-order chi connectivity index (χ0) is 17.9. The third-order valence-corrected chi connectivity index (χ3v) is 5.25. The van der Waals surface area contributed by atoms with E-state index in [9.17, 15) is 4.79 Å². The van der Waals surface area contributed by atoms with Crippen LogP contribution in [0, 0.1) is 5.41 Å². The number of benzene rings is 1. The van der Waals surface area contributed by atoms with E-state index in [0.717, 1.165) is 12.1 Å². The fraction of sp³-hybridized carbons (Fsp3) is 0.611. The lowest BCUT2D eigenvalue weighted by Crippen LogP contribution is -2.41. The lowest BCUT2D eigenvalue weighted by molar-refractivity contribution is -0.129. The van der Waals surface area contributed by atoms with Crippen LogP contribution in [-0.2, 0) is 4.79 Å². The summed E-state index contributed by atoms with van der Waals surface area (Å²) in [6.07, 6.45) is 0. The number of ether oxygens (including phenoxy) is 2. The standard InChI is InChI=1S/C18H28N2O3S/c1-18(2,11-19(3)4)12-20-15(21)10-24-17(20)13-8-7-9-14(22-5)16(13)23-6/h7-9,17H,10-12H2,1-6H3. The lowest BCUT2D eigenvalue weighted by atomic mass is 9.92. The summed E-state index contributed by atoms with van der Waals surface area (Å²) in [6, 6.07) is 5.84. The second-order valence-corrected chi connectivity index (χ2v) is 8.24. The van der Waals surface area contributed by atoms with Gasteiger partial charge in [-0.2, -0.15) is 0 Å². The van der Waals surface area contributed by atoms with Crippen molar-refractivity contribution in [3.8, 4) is 11.5 Å². The van der Waals surface area contributed by atoms with Gasteiger partial charge in [0.2, 0.25) is 5.91 Å². The van der Waals surface area contributed by atoms with Crippen molar-refractivity contribution in [1.29, 1.82) is 0 Å². The fourth-order valence-electron chi connectivity index (χ4n) is 3.36. The van der Waals surface area contributed by atoms with Crippen LogP contribution in [0.2, 0.25) is 0 Å². The summed E-state index contributed by atoms with van der Waals surface area (Å²) in [5.74, 6) is 2.09. The quantitative estimate of drug-likeness (QED) is 0.755. The Morgan fingerprint density at radius 2 is 2.00 bits per heavy atom. The van der Waals surface area contributed by atoms with Crippen molar-refractivity contribution in [2.24, 2.45) is 5.41 Å². The number of rotatable bonds is 7. The number of hydrogen-bond donors (Lipinski definition) is 0. The van der Waals surface area contributed by atoms with Crippen molar-refractivity contribution in [2.75, 3.05) is 47.2 Å². The van der Waals surface area contributed by atoms with Gasteiger partial charge in [0, 0.05) is 18.7 Å². The Morgan fingerprint density at radius 3 is 2.58 bits per heavy atom. The molecule has 0 N–H and O–H groups in total. The third-order valence-electron chi connectivity index (χ3n) is 4.01. The molecule has 0 radical (unpaired) electrons. The van der Waals surface area contributed by atoms with Crippen LogP contribution in [-0.4, -0.2) is 62.9 Å². The molecule has 1 heterocycles. The van der Waals surface area contributed by atoms with Crippen LogP contribution in [0.5, 0.6) is 11.5 Å². The molecule has 134 valence electrons. The topological polar surface area (TPSA) is 42.0 Å². The molecule has 1 aliphatic rings. The number of hydrogen-bond acceptors (Lipinski definition) is 5. The summed E-state index contributed by atoms with van der Waals surface area (Å²) in [5, 5.41) is -0.0380. The average molecular weight is 353 g/mol. The zero-order valence-corrected chi connectivity index (χ0v) is 16.3. The molecule has 2 rings (SSSR count). The minimum absolute atomic E-state index is 0.00835. The molecule has 24 heavy (non-hydrogen) atoms. The second-order valence-electron chi connectivity index (χ2n) is 7.17. The van der Waals surface area contributed by atoms with Crippen LogP contribution in [0.4, 0.5) is 0 Å². The molecule has 1 fully saturated rings. The van der Waals surface area contributed by atoms with Gasteiger partial charge in [0.1, 0.15) is 5.37 Å². The Morgan fingerprint density at radius 1 is 1.29 bits per heavy atom. The molecule has 0 aromatic heterocycles. The van der Waals surface area contributed by atoms with Crippen LogP contribution in [0.1, 0.15) is 24.8 Å². The van der Waals surface area contributed by atoms with Gasteiger partial charge in [-0.1, -0.05) is 26.0 Å². The molecule has 6 heteroatoms. The van der Waals surface area contributed by atoms with Crippen LogP contribution >= 0.6 is 11.8 Å². The maximum Gasteiger partial charge on any atom is 0.233 e. The van der Waals surface area contributed by atoms with E-state index in [0.29, 0.717) is 23.8 Å². The molecule has 0 bridgehead atoms. The Kier molecular flexibility index (Phi) is 6.04. The molecule has 1 aliphatic heterocycles. The van der Waals surface area contributed by atoms with Crippen molar-refractivity contribution in [2.45, 2.75) is 19.2 Å². The molecular formula is C18H28N2O3S. The van der Waals surface area contributed by atoms with Gasteiger partial charge in [0.05, 0.1) is 20.0 Å². The van der Waals surface area contributed by atoms with Crippen LogP contribution in [0.25, 0.3) is 0 Å². The summed E-state index contributed by atoms with van der Waals surface area (Å²) >= 11 is 1.65. The van der Waals surface area contributed by atoms with Crippen molar-refractivity contribution in [1.82, 2.24) is 9.80 Å². The van der Waals surface area contributed by atoms with Crippen molar-refractivity contribution in [3.05, 3.63) is 23.8 Å². The molecule has 1 amide bonds. The van der Waals surface area contributed by atoms with Gasteiger partial charge in [0.15, 0.2) is 11.5 Å². The van der Waals surface area contributed by atoms with E-state index < -0.39 is 0 Å². The van der Waals surface area contributed by atoms with E-state index in [1.54, 1.807) is 26.0 Å². The highest BCUT2D eigenvalue weighted by Crippen LogP contribution is 2.46. The smallest absolute Gasteiger partial charge is 0.233 e. The third kappa shape index (κ3) is 4.16. The highest BCUT2D eigenvalue weighted by Gasteiger charge is 2.38. The lowest BCUT2D eigenvalue weighted by Gasteiger charge is -2.35. The second kappa shape index (κ2) is 7.66. The van der Waals surface area contributed by atoms with Crippen molar-refractivity contribution < 1.29 is 14.3 Å². The summed E-state index contributed by atoms with van der Waals surface area (Å²) in [5.41, 5.74) is 1.00. The molecule has 1 unspecified atom stereocenters. The van der Waals surface area contributed by atoms with Gasteiger partial charge in [-0.15, -0.1) is 11.8 Å². The number of methoxy groups -OCH3 is 2. The van der Waals surface area contributed by atoms with Gasteiger partial charge >= 0.3 is 0 Å². The molecule has 0 aliphatic carbocycles. The average Bonchev–Trinajstić information content (AvgIpc) is 2.85. The maximum absolute atomic E-state index is 12.5. The summed E-state index contributed by atoms with van der Waals surface area (Å²) in [7, 11) is 7.39. The number of carbonyl (C=O) groups excluding carboxylic acids is 1. The number of para-hydroxylation sites is 1. The Labute approximate surface area is 149 Å². The SMILES string of the molecule is COc1cccc(C2SCC(=O)N2CC(C)(C)CN(C)C)c1OC. The molecular weight excluding hydrogens is 324 g/mol. The normalized spacial score (nSPS) is 18.4. The molecule has 1 aromatic rings. The molecule has 0 saturated carbocycles. The van der Waals surface area contributed by atoms with E-state index in [2.05, 4.69) is 32.8 Å². The van der Waals surface area contributed by atoms with Crippen LogP contribution in [0.15, 0.2) is 18.2 Å². The number of nitrogens with zero attached hydrogens (tertiary/aromatic N) is 2. The minimum atomic E-state index is -0.0380. The van der Waals surface area contributed by atoms with Crippen molar-refractivity contribution >= 4 is 17.7 Å². The highest BCUT2D eigenvalue weighted by molar-refractivity contribution is 8.00. The largest absolute Gasteiger partial charge is 0.493 e. The monoisotopic (exact) mass is 352 g/mol. The first-order chi connectivity index (χ1) is 11.3. The van der Waals surface area contributed by atoms with Crippen LogP contribution < -0.4 is 9.47 Å². The van der Waals surface area contributed by atoms with Gasteiger partial charge < -0.3 is 19.3 Å². The van der Waals surface area contributed by atoms with Crippen molar-refractivity contribution in [3.63, 3.8) is 0 Å². The molecule has 0 spiro atoms. The molecule has 1 atom stereocenters. The maximum atomic E-state index is 12.5. The predicted octanol–water partition coefficient (Wildman–Crippen LogP) is 2.87. The first kappa shape index (κ1) is 18.9. The van der Waals surface area contributed by atoms with Gasteiger partial charge in [-0.05, 0) is 25.6 Å². The Balaban J connectivity index is 2.31. The van der Waals surface area contributed by atoms with Gasteiger partial charge in [-0.25, -0.2) is 0 Å². The number of thioether (sulfide) groups is 1. The van der Waals surface area contributed by atoms with E-state index in [1.807, 2.05) is 23.1 Å². The Hall–Kier alpha value is -1.40. The van der Waals surface area contributed by atoms with Gasteiger partial charge in [-0.3, -0.25) is 4.79 Å². The van der Waals surface area contributed by atoms with E-state index in [1.165, 1.54) is 0 Å². The van der Waals surface area contributed by atoms with E-state index in [4.69, 9.17) is 9.47 Å². The summed E-state index contributed by atoms with van der Waals surface area (Å²) in [6.45, 7) is 6.03.